The summed E-state index contributed by atoms with van der Waals surface area (Å²) in [5, 5.41) is 4.53. The van der Waals surface area contributed by atoms with Crippen LogP contribution in [0.25, 0.3) is 0 Å². The molecule has 4 rings (SSSR count). The fourth-order valence-corrected chi connectivity index (χ4v) is 4.12. The van der Waals surface area contributed by atoms with Crippen molar-refractivity contribution in [1.29, 1.82) is 0 Å². The van der Waals surface area contributed by atoms with Crippen molar-refractivity contribution in [3.05, 3.63) is 47.5 Å². The molecule has 0 aromatic carbocycles. The number of aryl methyl sites for hydroxylation is 1. The van der Waals surface area contributed by atoms with E-state index in [-0.39, 0.29) is 11.9 Å². The molecule has 1 amide bonds. The van der Waals surface area contributed by atoms with Crippen molar-refractivity contribution in [2.45, 2.75) is 45.2 Å². The number of carbonyl (C=O) groups is 1. The highest BCUT2D eigenvalue weighted by Gasteiger charge is 2.29. The number of piperidine rings is 1. The first-order valence-electron chi connectivity index (χ1n) is 9.66. The number of likely N-dealkylation sites (tertiary alicyclic amines) is 1. The second kappa shape index (κ2) is 7.58. The van der Waals surface area contributed by atoms with E-state index in [1.165, 1.54) is 32.4 Å². The van der Waals surface area contributed by atoms with Crippen LogP contribution in [0.5, 0.6) is 0 Å². The van der Waals surface area contributed by atoms with Crippen LogP contribution in [0.2, 0.25) is 0 Å². The minimum absolute atomic E-state index is 0.0663. The highest BCUT2D eigenvalue weighted by atomic mass is 16.2. The molecule has 0 bridgehead atoms. The number of hydrogen-bond acceptors (Lipinski definition) is 4. The van der Waals surface area contributed by atoms with Crippen LogP contribution >= 0.6 is 0 Å². The summed E-state index contributed by atoms with van der Waals surface area (Å²) in [6, 6.07) is 4.20. The zero-order chi connectivity index (χ0) is 17.9. The predicted octanol–water partition coefficient (Wildman–Crippen LogP) is 2.66. The lowest BCUT2D eigenvalue weighted by molar-refractivity contribution is 0.0654. The van der Waals surface area contributed by atoms with Crippen molar-refractivity contribution in [3.63, 3.8) is 0 Å². The lowest BCUT2D eigenvalue weighted by Gasteiger charge is -2.35. The van der Waals surface area contributed by atoms with Crippen molar-refractivity contribution in [2.24, 2.45) is 0 Å². The quantitative estimate of drug-likeness (QED) is 0.848. The fraction of sp³-hybridized carbons (Fsp3) is 0.550. The van der Waals surface area contributed by atoms with E-state index in [1.807, 2.05) is 30.2 Å². The second-order valence-electron chi connectivity index (χ2n) is 7.55. The maximum Gasteiger partial charge on any atom is 0.255 e. The maximum absolute atomic E-state index is 13.0. The number of amides is 1. The molecule has 2 aliphatic heterocycles. The Kier molecular flexibility index (Phi) is 5.02. The van der Waals surface area contributed by atoms with Crippen LogP contribution in [0.3, 0.4) is 0 Å². The number of pyridine rings is 1. The number of rotatable bonds is 4. The van der Waals surface area contributed by atoms with Gasteiger partial charge in [-0.25, -0.2) is 0 Å². The normalized spacial score (nSPS) is 20.8. The summed E-state index contributed by atoms with van der Waals surface area (Å²) >= 11 is 0. The molecule has 2 aromatic heterocycles. The van der Waals surface area contributed by atoms with Crippen LogP contribution in [-0.4, -0.2) is 56.7 Å². The van der Waals surface area contributed by atoms with Gasteiger partial charge in [-0.2, -0.15) is 5.10 Å². The van der Waals surface area contributed by atoms with Crippen LogP contribution in [-0.2, 0) is 6.54 Å². The van der Waals surface area contributed by atoms with Crippen molar-refractivity contribution in [2.75, 3.05) is 26.2 Å². The molecule has 0 aliphatic carbocycles. The van der Waals surface area contributed by atoms with Gasteiger partial charge in [0.1, 0.15) is 0 Å². The third-order valence-electron chi connectivity index (χ3n) is 5.52. The monoisotopic (exact) mass is 353 g/mol. The molecule has 0 saturated carbocycles. The Bertz CT molecular complexity index is 765. The SMILES string of the molecule is Cc1cncc(C(=O)N2Cc3ccnn3C(CCN3CCCCC3)C2)c1. The Morgan fingerprint density at radius 2 is 2.08 bits per heavy atom. The summed E-state index contributed by atoms with van der Waals surface area (Å²) in [5.41, 5.74) is 2.81. The predicted molar refractivity (Wildman–Crippen MR) is 99.9 cm³/mol. The van der Waals surface area contributed by atoms with Gasteiger partial charge in [0.05, 0.1) is 23.8 Å². The minimum Gasteiger partial charge on any atom is -0.331 e. The molecule has 1 fully saturated rings. The topological polar surface area (TPSA) is 54.3 Å². The summed E-state index contributed by atoms with van der Waals surface area (Å²) < 4.78 is 2.13. The molecule has 0 spiro atoms. The second-order valence-corrected chi connectivity index (χ2v) is 7.55. The van der Waals surface area contributed by atoms with Gasteiger partial charge < -0.3 is 9.80 Å². The first kappa shape index (κ1) is 17.2. The Balaban J connectivity index is 1.47. The minimum atomic E-state index is 0.0663. The summed E-state index contributed by atoms with van der Waals surface area (Å²) in [6.07, 6.45) is 10.3. The molecule has 0 N–H and O–H groups in total. The van der Waals surface area contributed by atoms with Gasteiger partial charge >= 0.3 is 0 Å². The van der Waals surface area contributed by atoms with E-state index in [9.17, 15) is 4.79 Å². The van der Waals surface area contributed by atoms with Crippen LogP contribution in [0.15, 0.2) is 30.7 Å². The van der Waals surface area contributed by atoms with E-state index in [0.717, 1.165) is 30.8 Å². The summed E-state index contributed by atoms with van der Waals surface area (Å²) in [7, 11) is 0. The molecular formula is C20H27N5O. The molecule has 6 nitrogen and oxygen atoms in total. The largest absolute Gasteiger partial charge is 0.331 e. The lowest BCUT2D eigenvalue weighted by Crippen LogP contribution is -2.42. The van der Waals surface area contributed by atoms with Crippen LogP contribution in [0.1, 0.15) is 53.3 Å². The van der Waals surface area contributed by atoms with Gasteiger partial charge in [-0.15, -0.1) is 0 Å². The Morgan fingerprint density at radius 3 is 2.88 bits per heavy atom. The Hall–Kier alpha value is -2.21. The number of aromatic nitrogens is 3. The standard InChI is InChI=1S/C20H27N5O/c1-16-11-17(13-21-12-16)20(26)24-14-18-5-7-22-25(18)19(15-24)6-10-23-8-3-2-4-9-23/h5,7,11-13,19H,2-4,6,8-10,14-15H2,1H3. The highest BCUT2D eigenvalue weighted by Crippen LogP contribution is 2.25. The van der Waals surface area contributed by atoms with Gasteiger partial charge in [0.25, 0.3) is 5.91 Å². The smallest absolute Gasteiger partial charge is 0.255 e. The van der Waals surface area contributed by atoms with E-state index in [2.05, 4.69) is 19.7 Å². The van der Waals surface area contributed by atoms with Crippen LogP contribution < -0.4 is 0 Å². The van der Waals surface area contributed by atoms with E-state index < -0.39 is 0 Å². The van der Waals surface area contributed by atoms with Crippen LogP contribution in [0, 0.1) is 6.92 Å². The molecule has 1 saturated heterocycles. The average molecular weight is 353 g/mol. The zero-order valence-electron chi connectivity index (χ0n) is 15.5. The third-order valence-corrected chi connectivity index (χ3v) is 5.52. The van der Waals surface area contributed by atoms with Crippen molar-refractivity contribution in [3.8, 4) is 0 Å². The Labute approximate surface area is 154 Å². The molecule has 6 heteroatoms. The molecule has 2 aromatic rings. The molecule has 1 atom stereocenters. The number of carbonyl (C=O) groups excluding carboxylic acids is 1. The van der Waals surface area contributed by atoms with Gasteiger partial charge in [-0.05, 0) is 57.0 Å². The van der Waals surface area contributed by atoms with Gasteiger partial charge in [-0.1, -0.05) is 6.42 Å². The van der Waals surface area contributed by atoms with Gasteiger partial charge in [0, 0.05) is 31.7 Å². The fourth-order valence-electron chi connectivity index (χ4n) is 4.12. The lowest BCUT2D eigenvalue weighted by atomic mass is 10.1. The maximum atomic E-state index is 13.0. The van der Waals surface area contributed by atoms with E-state index in [0.29, 0.717) is 12.1 Å². The molecule has 4 heterocycles. The number of nitrogens with zero attached hydrogens (tertiary/aromatic N) is 5. The van der Waals surface area contributed by atoms with Crippen LogP contribution in [0.4, 0.5) is 0 Å². The van der Waals surface area contributed by atoms with Gasteiger partial charge in [0.2, 0.25) is 0 Å². The third kappa shape index (κ3) is 3.65. The number of fused-ring (bicyclic) bond motifs is 1. The van der Waals surface area contributed by atoms with E-state index in [1.54, 1.807) is 12.4 Å². The number of hydrogen-bond donors (Lipinski definition) is 0. The molecular weight excluding hydrogens is 326 g/mol. The average Bonchev–Trinajstić information content (AvgIpc) is 3.15. The zero-order valence-corrected chi connectivity index (χ0v) is 15.5. The first-order valence-corrected chi connectivity index (χ1v) is 9.66. The summed E-state index contributed by atoms with van der Waals surface area (Å²) in [4.78, 5) is 21.7. The van der Waals surface area contributed by atoms with Gasteiger partial charge in [0.15, 0.2) is 0 Å². The van der Waals surface area contributed by atoms with E-state index >= 15 is 0 Å². The van der Waals surface area contributed by atoms with Gasteiger partial charge in [-0.3, -0.25) is 14.5 Å². The molecule has 26 heavy (non-hydrogen) atoms. The van der Waals surface area contributed by atoms with Crippen molar-refractivity contribution in [1.82, 2.24) is 24.6 Å². The summed E-state index contributed by atoms with van der Waals surface area (Å²) in [5.74, 6) is 0.0663. The van der Waals surface area contributed by atoms with E-state index in [4.69, 9.17) is 0 Å². The highest BCUT2D eigenvalue weighted by molar-refractivity contribution is 5.94. The summed E-state index contributed by atoms with van der Waals surface area (Å²) in [6.45, 7) is 6.79. The molecule has 1 unspecified atom stereocenters. The van der Waals surface area contributed by atoms with Crippen molar-refractivity contribution < 1.29 is 4.79 Å². The molecule has 138 valence electrons. The molecule has 0 radical (unpaired) electrons. The Morgan fingerprint density at radius 1 is 1.23 bits per heavy atom. The molecule has 2 aliphatic rings. The first-order chi connectivity index (χ1) is 12.7. The van der Waals surface area contributed by atoms with Crippen molar-refractivity contribution >= 4 is 5.91 Å².